The van der Waals surface area contributed by atoms with E-state index in [9.17, 15) is 9.50 Å². The molecule has 4 N–H and O–H groups in total. The number of halogens is 2. The second-order valence-corrected chi connectivity index (χ2v) is 5.39. The molecule has 3 heterocycles. The van der Waals surface area contributed by atoms with Gasteiger partial charge in [-0.15, -0.1) is 0 Å². The molecule has 0 amide bonds. The van der Waals surface area contributed by atoms with Gasteiger partial charge in [-0.1, -0.05) is 11.6 Å². The summed E-state index contributed by atoms with van der Waals surface area (Å²) in [7, 11) is 0. The summed E-state index contributed by atoms with van der Waals surface area (Å²) in [5, 5.41) is 19.5. The molecule has 0 aliphatic carbocycles. The lowest BCUT2D eigenvalue weighted by molar-refractivity contribution is -0.0892. The first-order valence-electron chi connectivity index (χ1n) is 6.14. The van der Waals surface area contributed by atoms with E-state index in [1.54, 1.807) is 0 Å². The van der Waals surface area contributed by atoms with Gasteiger partial charge in [0.2, 0.25) is 5.95 Å². The summed E-state index contributed by atoms with van der Waals surface area (Å²) < 4.78 is 20.8. The Morgan fingerprint density at radius 2 is 2.29 bits per heavy atom. The van der Waals surface area contributed by atoms with E-state index in [2.05, 4.69) is 15.0 Å². The highest BCUT2D eigenvalue weighted by molar-refractivity contribution is 6.33. The summed E-state index contributed by atoms with van der Waals surface area (Å²) >= 11 is 5.91. The van der Waals surface area contributed by atoms with Gasteiger partial charge >= 0.3 is 0 Å². The number of nitrogens with two attached hydrogens (primary N) is 1. The quantitative estimate of drug-likeness (QED) is 0.669. The molecule has 21 heavy (non-hydrogen) atoms. The van der Waals surface area contributed by atoms with Crippen molar-refractivity contribution in [3.8, 4) is 0 Å². The van der Waals surface area contributed by atoms with Crippen LogP contribution in [0.4, 0.5) is 10.3 Å². The highest BCUT2D eigenvalue weighted by Crippen LogP contribution is 2.41. The monoisotopic (exact) mass is 317 g/mol. The SMILES string of the molecule is CC1(O)C(F)C(CO)OC1n1cnc2c(Cl)nc(N)nc21. The molecule has 0 saturated carbocycles. The second kappa shape index (κ2) is 4.73. The van der Waals surface area contributed by atoms with Crippen LogP contribution in [0.3, 0.4) is 0 Å². The zero-order valence-corrected chi connectivity index (χ0v) is 11.7. The van der Waals surface area contributed by atoms with E-state index in [1.165, 1.54) is 17.8 Å². The summed E-state index contributed by atoms with van der Waals surface area (Å²) in [5.41, 5.74) is 4.14. The third-order valence-corrected chi connectivity index (χ3v) is 3.78. The van der Waals surface area contributed by atoms with Crippen LogP contribution in [0.1, 0.15) is 13.2 Å². The fourth-order valence-corrected chi connectivity index (χ4v) is 2.66. The van der Waals surface area contributed by atoms with Crippen molar-refractivity contribution in [2.45, 2.75) is 31.0 Å². The Balaban J connectivity index is 2.13. The fourth-order valence-electron chi connectivity index (χ4n) is 2.44. The van der Waals surface area contributed by atoms with Crippen LogP contribution in [-0.4, -0.2) is 54.2 Å². The van der Waals surface area contributed by atoms with Crippen molar-refractivity contribution >= 4 is 28.7 Å². The van der Waals surface area contributed by atoms with Gasteiger partial charge in [0.25, 0.3) is 0 Å². The maximum Gasteiger partial charge on any atom is 0.223 e. The lowest BCUT2D eigenvalue weighted by Crippen LogP contribution is -2.41. The number of aromatic nitrogens is 4. The molecule has 1 saturated heterocycles. The van der Waals surface area contributed by atoms with Crippen LogP contribution in [0, 0.1) is 0 Å². The van der Waals surface area contributed by atoms with Gasteiger partial charge in [0.1, 0.15) is 17.2 Å². The number of nitrogens with zero attached hydrogens (tertiary/aromatic N) is 4. The third-order valence-electron chi connectivity index (χ3n) is 3.52. The number of rotatable bonds is 2. The van der Waals surface area contributed by atoms with Crippen molar-refractivity contribution < 1.29 is 19.3 Å². The number of anilines is 1. The van der Waals surface area contributed by atoms with Crippen LogP contribution in [0.5, 0.6) is 0 Å². The zero-order chi connectivity index (χ0) is 15.4. The first-order valence-corrected chi connectivity index (χ1v) is 6.52. The molecule has 4 atom stereocenters. The van der Waals surface area contributed by atoms with Gasteiger partial charge in [0.05, 0.1) is 12.9 Å². The van der Waals surface area contributed by atoms with Crippen molar-refractivity contribution in [1.82, 2.24) is 19.5 Å². The molecule has 0 bridgehead atoms. The zero-order valence-electron chi connectivity index (χ0n) is 10.9. The highest BCUT2D eigenvalue weighted by Gasteiger charge is 2.54. The second-order valence-electron chi connectivity index (χ2n) is 5.03. The van der Waals surface area contributed by atoms with E-state index >= 15 is 0 Å². The Morgan fingerprint density at radius 1 is 1.57 bits per heavy atom. The Labute approximate surface area is 123 Å². The minimum Gasteiger partial charge on any atom is -0.394 e. The van der Waals surface area contributed by atoms with Crippen LogP contribution in [0.25, 0.3) is 11.2 Å². The Kier molecular flexibility index (Phi) is 3.24. The molecule has 2 aromatic rings. The first kappa shape index (κ1) is 14.4. The van der Waals surface area contributed by atoms with E-state index < -0.39 is 30.7 Å². The number of ether oxygens (including phenoxy) is 1. The van der Waals surface area contributed by atoms with E-state index in [4.69, 9.17) is 27.2 Å². The highest BCUT2D eigenvalue weighted by atomic mass is 35.5. The smallest absolute Gasteiger partial charge is 0.223 e. The number of hydrogen-bond donors (Lipinski definition) is 3. The summed E-state index contributed by atoms with van der Waals surface area (Å²) in [6, 6.07) is 0. The lowest BCUT2D eigenvalue weighted by Gasteiger charge is -2.26. The molecular weight excluding hydrogens is 305 g/mol. The van der Waals surface area contributed by atoms with Crippen LogP contribution in [0.15, 0.2) is 6.33 Å². The first-order chi connectivity index (χ1) is 9.86. The molecule has 0 radical (unpaired) electrons. The molecule has 4 unspecified atom stereocenters. The Morgan fingerprint density at radius 3 is 2.90 bits per heavy atom. The van der Waals surface area contributed by atoms with Crippen LogP contribution in [0.2, 0.25) is 5.15 Å². The van der Waals surface area contributed by atoms with Crippen molar-refractivity contribution in [2.75, 3.05) is 12.3 Å². The van der Waals surface area contributed by atoms with Crippen LogP contribution >= 0.6 is 11.6 Å². The average molecular weight is 318 g/mol. The molecular formula is C11H13ClFN5O3. The Hall–Kier alpha value is -1.55. The molecule has 8 nitrogen and oxygen atoms in total. The predicted molar refractivity (Wildman–Crippen MR) is 71.3 cm³/mol. The number of aliphatic hydroxyl groups excluding tert-OH is 1. The predicted octanol–water partition coefficient (Wildman–Crippen LogP) is 0.0407. The van der Waals surface area contributed by atoms with E-state index in [0.29, 0.717) is 0 Å². The molecule has 10 heteroatoms. The summed E-state index contributed by atoms with van der Waals surface area (Å²) in [5.74, 6) is -0.0811. The molecule has 3 rings (SSSR count). The molecule has 2 aromatic heterocycles. The van der Waals surface area contributed by atoms with Gasteiger partial charge < -0.3 is 20.7 Å². The van der Waals surface area contributed by atoms with Gasteiger partial charge in [0.15, 0.2) is 23.2 Å². The van der Waals surface area contributed by atoms with Gasteiger partial charge in [0, 0.05) is 0 Å². The van der Waals surface area contributed by atoms with Crippen LogP contribution in [-0.2, 0) is 4.74 Å². The van der Waals surface area contributed by atoms with Gasteiger partial charge in [-0.3, -0.25) is 4.57 Å². The molecule has 114 valence electrons. The largest absolute Gasteiger partial charge is 0.394 e. The maximum absolute atomic E-state index is 14.1. The Bertz CT molecular complexity index is 694. The third kappa shape index (κ3) is 2.04. The lowest BCUT2D eigenvalue weighted by atomic mass is 9.98. The van der Waals surface area contributed by atoms with Crippen molar-refractivity contribution in [3.63, 3.8) is 0 Å². The maximum atomic E-state index is 14.1. The number of aliphatic hydroxyl groups is 2. The number of imidazole rings is 1. The molecule has 1 aliphatic rings. The minimum absolute atomic E-state index is 0.0457. The average Bonchev–Trinajstić information content (AvgIpc) is 2.91. The van der Waals surface area contributed by atoms with Crippen LogP contribution < -0.4 is 5.73 Å². The van der Waals surface area contributed by atoms with E-state index in [0.717, 1.165) is 0 Å². The van der Waals surface area contributed by atoms with Crippen molar-refractivity contribution in [2.24, 2.45) is 0 Å². The molecule has 1 aliphatic heterocycles. The van der Waals surface area contributed by atoms with Crippen molar-refractivity contribution in [3.05, 3.63) is 11.5 Å². The topological polar surface area (TPSA) is 119 Å². The van der Waals surface area contributed by atoms with E-state index in [-0.39, 0.29) is 22.3 Å². The summed E-state index contributed by atoms with van der Waals surface area (Å²) in [6.07, 6.45) is -2.73. The molecule has 0 aromatic carbocycles. The molecule has 0 spiro atoms. The number of fused-ring (bicyclic) bond motifs is 1. The summed E-state index contributed by atoms with van der Waals surface area (Å²) in [4.78, 5) is 11.8. The van der Waals surface area contributed by atoms with Gasteiger partial charge in [-0.25, -0.2) is 9.37 Å². The molecule has 1 fully saturated rings. The minimum atomic E-state index is -1.87. The number of alkyl halides is 1. The normalized spacial score (nSPS) is 32.9. The van der Waals surface area contributed by atoms with Gasteiger partial charge in [-0.2, -0.15) is 9.97 Å². The fraction of sp³-hybridized carbons (Fsp3) is 0.545. The van der Waals surface area contributed by atoms with Crippen molar-refractivity contribution in [1.29, 1.82) is 0 Å². The van der Waals surface area contributed by atoms with E-state index in [1.807, 2.05) is 0 Å². The summed E-state index contributed by atoms with van der Waals surface area (Å²) in [6.45, 7) is 0.717. The number of nitrogen functional groups attached to an aromatic ring is 1. The number of hydrogen-bond acceptors (Lipinski definition) is 7. The standard InChI is InChI=1S/C11H13ClFN5O3/c1-11(20)6(13)4(2-19)21-9(11)18-3-15-5-7(12)16-10(14)17-8(5)18/h3-4,6,9,19-20H,2H2,1H3,(H2,14,16,17). The van der Waals surface area contributed by atoms with Gasteiger partial charge in [-0.05, 0) is 6.92 Å².